The van der Waals surface area contributed by atoms with Gasteiger partial charge < -0.3 is 9.47 Å². The van der Waals surface area contributed by atoms with E-state index in [9.17, 15) is 0 Å². The lowest BCUT2D eigenvalue weighted by Crippen LogP contribution is -2.38. The Morgan fingerprint density at radius 1 is 1.39 bits per heavy atom. The summed E-state index contributed by atoms with van der Waals surface area (Å²) in [6, 6.07) is 7.44. The van der Waals surface area contributed by atoms with Crippen LogP contribution in [0.1, 0.15) is 5.56 Å². The molecule has 5 heteroatoms. The molecule has 1 aromatic rings. The van der Waals surface area contributed by atoms with E-state index >= 15 is 0 Å². The van der Waals surface area contributed by atoms with Crippen molar-refractivity contribution in [2.45, 2.75) is 0 Å². The fraction of sp³-hybridized carbons (Fsp3) is 0.462. The molecule has 1 fully saturated rings. The van der Waals surface area contributed by atoms with Crippen molar-refractivity contribution in [2.24, 2.45) is 0 Å². The molecular formula is C13H15BrN2O2. The number of rotatable bonds is 4. The number of benzene rings is 1. The second-order valence-electron chi connectivity index (χ2n) is 4.06. The smallest absolute Gasteiger partial charge is 0.133 e. The number of nitriles is 1. The Bertz CT molecular complexity index is 439. The standard InChI is InChI=1S/C13H15BrN2O2/c14-12-9-11(10-15)1-2-13(12)18-8-5-16-3-6-17-7-4-16/h1-2,9H,3-8H2. The van der Waals surface area contributed by atoms with Crippen molar-refractivity contribution in [3.63, 3.8) is 0 Å². The van der Waals surface area contributed by atoms with E-state index in [1.54, 1.807) is 12.1 Å². The summed E-state index contributed by atoms with van der Waals surface area (Å²) < 4.78 is 11.8. The molecule has 1 aliphatic rings. The van der Waals surface area contributed by atoms with Crippen molar-refractivity contribution in [1.29, 1.82) is 5.26 Å². The van der Waals surface area contributed by atoms with E-state index in [4.69, 9.17) is 14.7 Å². The van der Waals surface area contributed by atoms with Crippen LogP contribution >= 0.6 is 15.9 Å². The minimum absolute atomic E-state index is 0.627. The zero-order valence-corrected chi connectivity index (χ0v) is 11.6. The molecular weight excluding hydrogens is 296 g/mol. The third-order valence-electron chi connectivity index (χ3n) is 2.83. The largest absolute Gasteiger partial charge is 0.491 e. The van der Waals surface area contributed by atoms with E-state index in [0.717, 1.165) is 43.1 Å². The molecule has 0 radical (unpaired) electrons. The van der Waals surface area contributed by atoms with Crippen LogP contribution in [0.5, 0.6) is 5.75 Å². The van der Waals surface area contributed by atoms with Gasteiger partial charge in [0.05, 0.1) is 29.3 Å². The third kappa shape index (κ3) is 3.70. The van der Waals surface area contributed by atoms with E-state index in [-0.39, 0.29) is 0 Å². The van der Waals surface area contributed by atoms with Crippen LogP contribution in [-0.2, 0) is 4.74 Å². The first kappa shape index (κ1) is 13.3. The zero-order valence-electron chi connectivity index (χ0n) is 10.1. The summed E-state index contributed by atoms with van der Waals surface area (Å²) in [7, 11) is 0. The van der Waals surface area contributed by atoms with Crippen LogP contribution in [0.4, 0.5) is 0 Å². The SMILES string of the molecule is N#Cc1ccc(OCCN2CCOCC2)c(Br)c1. The summed E-state index contributed by atoms with van der Waals surface area (Å²) in [5.41, 5.74) is 0.627. The van der Waals surface area contributed by atoms with E-state index in [1.165, 1.54) is 0 Å². The van der Waals surface area contributed by atoms with Crippen molar-refractivity contribution in [3.8, 4) is 11.8 Å². The summed E-state index contributed by atoms with van der Waals surface area (Å²) in [6.45, 7) is 5.09. The topological polar surface area (TPSA) is 45.5 Å². The number of ether oxygens (including phenoxy) is 2. The second-order valence-corrected chi connectivity index (χ2v) is 4.91. The summed E-state index contributed by atoms with van der Waals surface area (Å²) in [6.07, 6.45) is 0. The number of hydrogen-bond acceptors (Lipinski definition) is 4. The van der Waals surface area contributed by atoms with Gasteiger partial charge >= 0.3 is 0 Å². The Hall–Kier alpha value is -1.09. The number of hydrogen-bond donors (Lipinski definition) is 0. The van der Waals surface area contributed by atoms with Gasteiger partial charge in [0, 0.05) is 19.6 Å². The summed E-state index contributed by atoms with van der Waals surface area (Å²) in [4.78, 5) is 2.32. The molecule has 1 heterocycles. The molecule has 0 atom stereocenters. The Labute approximate surface area is 115 Å². The molecule has 0 spiro atoms. The molecule has 1 aliphatic heterocycles. The lowest BCUT2D eigenvalue weighted by Gasteiger charge is -2.26. The quantitative estimate of drug-likeness (QED) is 0.853. The molecule has 0 saturated carbocycles. The average molecular weight is 311 g/mol. The van der Waals surface area contributed by atoms with E-state index < -0.39 is 0 Å². The second kappa shape index (κ2) is 6.74. The van der Waals surface area contributed by atoms with Crippen LogP contribution < -0.4 is 4.74 Å². The highest BCUT2D eigenvalue weighted by atomic mass is 79.9. The van der Waals surface area contributed by atoms with Crippen molar-refractivity contribution in [3.05, 3.63) is 28.2 Å². The summed E-state index contributed by atoms with van der Waals surface area (Å²) in [5, 5.41) is 8.77. The van der Waals surface area contributed by atoms with E-state index in [1.807, 2.05) is 6.07 Å². The maximum atomic E-state index is 8.77. The first-order chi connectivity index (χ1) is 8.79. The molecule has 0 bridgehead atoms. The Kier molecular flexibility index (Phi) is 5.00. The molecule has 2 rings (SSSR count). The maximum Gasteiger partial charge on any atom is 0.133 e. The van der Waals surface area contributed by atoms with Gasteiger partial charge in [-0.25, -0.2) is 0 Å². The van der Waals surface area contributed by atoms with Gasteiger partial charge in [-0.1, -0.05) is 0 Å². The summed E-state index contributed by atoms with van der Waals surface area (Å²) in [5.74, 6) is 0.780. The first-order valence-corrected chi connectivity index (χ1v) is 6.71. The van der Waals surface area contributed by atoms with Gasteiger partial charge in [-0.15, -0.1) is 0 Å². The van der Waals surface area contributed by atoms with Crippen LogP contribution in [0.3, 0.4) is 0 Å². The Balaban J connectivity index is 1.81. The molecule has 96 valence electrons. The molecule has 0 N–H and O–H groups in total. The fourth-order valence-electron chi connectivity index (χ4n) is 1.80. The molecule has 0 unspecified atom stereocenters. The van der Waals surface area contributed by atoms with E-state index in [2.05, 4.69) is 26.9 Å². The fourth-order valence-corrected chi connectivity index (χ4v) is 2.29. The predicted octanol–water partition coefficient (Wildman–Crippen LogP) is 2.03. The number of halogens is 1. The Morgan fingerprint density at radius 2 is 2.17 bits per heavy atom. The zero-order chi connectivity index (χ0) is 12.8. The van der Waals surface area contributed by atoms with Gasteiger partial charge in [-0.3, -0.25) is 4.90 Å². The predicted molar refractivity (Wildman–Crippen MR) is 71.6 cm³/mol. The van der Waals surface area contributed by atoms with Crippen molar-refractivity contribution in [2.75, 3.05) is 39.5 Å². The van der Waals surface area contributed by atoms with Gasteiger partial charge in [-0.2, -0.15) is 5.26 Å². The lowest BCUT2D eigenvalue weighted by molar-refractivity contribution is 0.0322. The highest BCUT2D eigenvalue weighted by molar-refractivity contribution is 9.10. The van der Waals surface area contributed by atoms with Crippen LogP contribution in [0.15, 0.2) is 22.7 Å². The minimum atomic E-state index is 0.627. The molecule has 1 aromatic carbocycles. The van der Waals surface area contributed by atoms with Crippen molar-refractivity contribution >= 4 is 15.9 Å². The van der Waals surface area contributed by atoms with Crippen LogP contribution in [-0.4, -0.2) is 44.4 Å². The Morgan fingerprint density at radius 3 is 2.83 bits per heavy atom. The third-order valence-corrected chi connectivity index (χ3v) is 3.45. The van der Waals surface area contributed by atoms with E-state index in [0.29, 0.717) is 12.2 Å². The van der Waals surface area contributed by atoms with Crippen molar-refractivity contribution in [1.82, 2.24) is 4.90 Å². The normalized spacial score (nSPS) is 16.2. The molecule has 0 aromatic heterocycles. The molecule has 0 amide bonds. The highest BCUT2D eigenvalue weighted by Gasteiger charge is 2.10. The summed E-state index contributed by atoms with van der Waals surface area (Å²) >= 11 is 3.40. The van der Waals surface area contributed by atoms with Crippen molar-refractivity contribution < 1.29 is 9.47 Å². The van der Waals surface area contributed by atoms with Gasteiger partial charge in [-0.05, 0) is 34.1 Å². The lowest BCUT2D eigenvalue weighted by atomic mass is 10.2. The van der Waals surface area contributed by atoms with Gasteiger partial charge in [0.1, 0.15) is 12.4 Å². The number of nitrogens with zero attached hydrogens (tertiary/aromatic N) is 2. The van der Waals surface area contributed by atoms with Crippen LogP contribution in [0.25, 0.3) is 0 Å². The monoisotopic (exact) mass is 310 g/mol. The number of morpholine rings is 1. The van der Waals surface area contributed by atoms with Crippen LogP contribution in [0, 0.1) is 11.3 Å². The maximum absolute atomic E-state index is 8.77. The van der Waals surface area contributed by atoms with Gasteiger partial charge in [0.15, 0.2) is 0 Å². The average Bonchev–Trinajstić information content (AvgIpc) is 2.42. The van der Waals surface area contributed by atoms with Crippen LogP contribution in [0.2, 0.25) is 0 Å². The highest BCUT2D eigenvalue weighted by Crippen LogP contribution is 2.25. The molecule has 0 aliphatic carbocycles. The van der Waals surface area contributed by atoms with Gasteiger partial charge in [0.25, 0.3) is 0 Å². The first-order valence-electron chi connectivity index (χ1n) is 5.92. The van der Waals surface area contributed by atoms with Gasteiger partial charge in [0.2, 0.25) is 0 Å². The minimum Gasteiger partial charge on any atom is -0.491 e. The molecule has 1 saturated heterocycles. The molecule has 18 heavy (non-hydrogen) atoms. The molecule has 4 nitrogen and oxygen atoms in total.